The molecule has 5 nitrogen and oxygen atoms in total. The van der Waals surface area contributed by atoms with Crippen LogP contribution in [0.4, 0.5) is 11.4 Å². The second kappa shape index (κ2) is 5.29. The fourth-order valence-corrected chi connectivity index (χ4v) is 2.45. The van der Waals surface area contributed by atoms with E-state index in [2.05, 4.69) is 21.2 Å². The van der Waals surface area contributed by atoms with Crippen molar-refractivity contribution in [2.75, 3.05) is 17.8 Å². The van der Waals surface area contributed by atoms with Crippen molar-refractivity contribution in [2.45, 2.75) is 6.92 Å². The lowest BCUT2D eigenvalue weighted by molar-refractivity contribution is 0.102. The largest absolute Gasteiger partial charge is 0.454 e. The Bertz CT molecular complexity index is 731. The van der Waals surface area contributed by atoms with Crippen molar-refractivity contribution >= 4 is 33.2 Å². The summed E-state index contributed by atoms with van der Waals surface area (Å²) in [7, 11) is 0. The van der Waals surface area contributed by atoms with Crippen molar-refractivity contribution in [3.8, 4) is 11.5 Å². The number of hydrogen-bond donors (Lipinski definition) is 2. The van der Waals surface area contributed by atoms with Crippen LogP contribution >= 0.6 is 15.9 Å². The van der Waals surface area contributed by atoms with Crippen molar-refractivity contribution in [3.63, 3.8) is 0 Å². The molecule has 0 fully saturated rings. The van der Waals surface area contributed by atoms with E-state index in [1.54, 1.807) is 12.1 Å². The molecule has 2 aromatic carbocycles. The smallest absolute Gasteiger partial charge is 0.257 e. The summed E-state index contributed by atoms with van der Waals surface area (Å²) >= 11 is 3.43. The Balaban J connectivity index is 1.91. The van der Waals surface area contributed by atoms with Gasteiger partial charge in [0.25, 0.3) is 5.91 Å². The van der Waals surface area contributed by atoms with Gasteiger partial charge in [-0.25, -0.2) is 0 Å². The number of nitrogens with two attached hydrogens (primary N) is 1. The number of halogens is 1. The summed E-state index contributed by atoms with van der Waals surface area (Å²) in [4.78, 5) is 12.4. The molecule has 0 bridgehead atoms. The van der Waals surface area contributed by atoms with E-state index in [-0.39, 0.29) is 12.7 Å². The number of anilines is 2. The summed E-state index contributed by atoms with van der Waals surface area (Å²) in [6, 6.07) is 8.81. The molecular weight excluding hydrogens is 336 g/mol. The lowest BCUT2D eigenvalue weighted by Gasteiger charge is -2.11. The molecule has 0 radical (unpaired) electrons. The number of fused-ring (bicyclic) bond motifs is 1. The highest BCUT2D eigenvalue weighted by molar-refractivity contribution is 9.10. The van der Waals surface area contributed by atoms with Crippen LogP contribution in [-0.4, -0.2) is 12.7 Å². The average Bonchev–Trinajstić information content (AvgIpc) is 2.90. The number of carbonyl (C=O) groups excluding carboxylic acids is 1. The van der Waals surface area contributed by atoms with E-state index in [1.807, 2.05) is 25.1 Å². The molecule has 0 aromatic heterocycles. The number of benzene rings is 2. The van der Waals surface area contributed by atoms with Crippen molar-refractivity contribution in [1.29, 1.82) is 0 Å². The third-order valence-electron chi connectivity index (χ3n) is 3.31. The van der Waals surface area contributed by atoms with Crippen LogP contribution < -0.4 is 20.5 Å². The van der Waals surface area contributed by atoms with Gasteiger partial charge in [0.1, 0.15) is 0 Å². The first-order valence-corrected chi connectivity index (χ1v) is 7.11. The lowest BCUT2D eigenvalue weighted by atomic mass is 10.1. The van der Waals surface area contributed by atoms with Crippen molar-refractivity contribution < 1.29 is 14.3 Å². The lowest BCUT2D eigenvalue weighted by Crippen LogP contribution is -2.14. The summed E-state index contributed by atoms with van der Waals surface area (Å²) in [5, 5.41) is 2.85. The number of amides is 1. The maximum atomic E-state index is 12.4. The quantitative estimate of drug-likeness (QED) is 0.816. The van der Waals surface area contributed by atoms with Crippen LogP contribution in [-0.2, 0) is 0 Å². The van der Waals surface area contributed by atoms with Gasteiger partial charge in [0, 0.05) is 21.9 Å². The molecule has 0 spiro atoms. The van der Waals surface area contributed by atoms with E-state index in [1.165, 1.54) is 0 Å². The van der Waals surface area contributed by atoms with Gasteiger partial charge in [-0.15, -0.1) is 0 Å². The Morgan fingerprint density at radius 3 is 2.76 bits per heavy atom. The number of ether oxygens (including phenoxy) is 2. The van der Waals surface area contributed by atoms with Crippen molar-refractivity contribution in [3.05, 3.63) is 45.9 Å². The molecule has 0 atom stereocenters. The zero-order valence-corrected chi connectivity index (χ0v) is 12.9. The molecule has 2 aromatic rings. The Hall–Kier alpha value is -2.21. The van der Waals surface area contributed by atoms with Gasteiger partial charge in [0.15, 0.2) is 11.5 Å². The van der Waals surface area contributed by atoms with E-state index < -0.39 is 0 Å². The Labute approximate surface area is 130 Å². The minimum atomic E-state index is -0.285. The first-order chi connectivity index (χ1) is 10.1. The predicted molar refractivity (Wildman–Crippen MR) is 83.8 cm³/mol. The summed E-state index contributed by atoms with van der Waals surface area (Å²) in [5.74, 6) is 0.801. The topological polar surface area (TPSA) is 73.6 Å². The first-order valence-electron chi connectivity index (χ1n) is 6.32. The molecule has 6 heteroatoms. The van der Waals surface area contributed by atoms with E-state index in [4.69, 9.17) is 15.2 Å². The molecule has 0 saturated heterocycles. The highest BCUT2D eigenvalue weighted by atomic mass is 79.9. The van der Waals surface area contributed by atoms with Gasteiger partial charge in [-0.2, -0.15) is 0 Å². The first kappa shape index (κ1) is 13.8. The van der Waals surface area contributed by atoms with E-state index in [0.717, 1.165) is 15.7 Å². The maximum Gasteiger partial charge on any atom is 0.257 e. The molecule has 21 heavy (non-hydrogen) atoms. The number of hydrogen-bond acceptors (Lipinski definition) is 4. The Morgan fingerprint density at radius 2 is 2.00 bits per heavy atom. The highest BCUT2D eigenvalue weighted by Crippen LogP contribution is 2.36. The third kappa shape index (κ3) is 2.54. The van der Waals surface area contributed by atoms with Crippen LogP contribution in [0.25, 0.3) is 0 Å². The fraction of sp³-hybridized carbons (Fsp3) is 0.133. The maximum absolute atomic E-state index is 12.4. The summed E-state index contributed by atoms with van der Waals surface area (Å²) in [6.07, 6.45) is 0. The molecular formula is C15H13BrN2O3. The van der Waals surface area contributed by atoms with Crippen LogP contribution in [0.2, 0.25) is 0 Å². The molecule has 3 rings (SSSR count). The minimum absolute atomic E-state index is 0.143. The number of carbonyl (C=O) groups is 1. The molecule has 1 amide bonds. The second-order valence-corrected chi connectivity index (χ2v) is 5.51. The van der Waals surface area contributed by atoms with Crippen molar-refractivity contribution in [2.24, 2.45) is 0 Å². The molecule has 108 valence electrons. The minimum Gasteiger partial charge on any atom is -0.454 e. The highest BCUT2D eigenvalue weighted by Gasteiger charge is 2.20. The molecule has 1 heterocycles. The zero-order chi connectivity index (χ0) is 15.0. The summed E-state index contributed by atoms with van der Waals surface area (Å²) in [5.41, 5.74) is 8.30. The van der Waals surface area contributed by atoms with E-state index in [0.29, 0.717) is 22.7 Å². The third-order valence-corrected chi connectivity index (χ3v) is 4.16. The van der Waals surface area contributed by atoms with Gasteiger partial charge in [-0.05, 0) is 30.7 Å². The van der Waals surface area contributed by atoms with E-state index >= 15 is 0 Å². The Morgan fingerprint density at radius 1 is 1.29 bits per heavy atom. The summed E-state index contributed by atoms with van der Waals surface area (Å²) < 4.78 is 11.4. The molecule has 1 aliphatic heterocycles. The van der Waals surface area contributed by atoms with Gasteiger partial charge in [0.2, 0.25) is 6.79 Å². The normalized spacial score (nSPS) is 12.3. The van der Waals surface area contributed by atoms with Gasteiger partial charge >= 0.3 is 0 Å². The number of nitrogen functional groups attached to an aromatic ring is 1. The number of rotatable bonds is 2. The van der Waals surface area contributed by atoms with Crippen LogP contribution in [0.1, 0.15) is 15.9 Å². The van der Waals surface area contributed by atoms with Gasteiger partial charge < -0.3 is 20.5 Å². The summed E-state index contributed by atoms with van der Waals surface area (Å²) in [6.45, 7) is 2.06. The average molecular weight is 349 g/mol. The zero-order valence-electron chi connectivity index (χ0n) is 11.3. The fourth-order valence-electron chi connectivity index (χ4n) is 2.09. The van der Waals surface area contributed by atoms with Gasteiger partial charge in [-0.3, -0.25) is 4.79 Å². The van der Waals surface area contributed by atoms with Crippen molar-refractivity contribution in [1.82, 2.24) is 0 Å². The molecule has 3 N–H and O–H groups in total. The predicted octanol–water partition coefficient (Wildman–Crippen LogP) is 3.32. The molecule has 0 unspecified atom stereocenters. The van der Waals surface area contributed by atoms with Crippen LogP contribution in [0, 0.1) is 6.92 Å². The monoisotopic (exact) mass is 348 g/mol. The SMILES string of the molecule is Cc1c(Br)cccc1NC(=O)c1cc2c(cc1N)OCO2. The second-order valence-electron chi connectivity index (χ2n) is 4.66. The molecule has 1 aliphatic rings. The Kier molecular flexibility index (Phi) is 3.47. The van der Waals surface area contributed by atoms with E-state index in [9.17, 15) is 4.79 Å². The van der Waals surface area contributed by atoms with Crippen LogP contribution in [0.5, 0.6) is 11.5 Å². The van der Waals surface area contributed by atoms with Gasteiger partial charge in [-0.1, -0.05) is 22.0 Å². The molecule has 0 aliphatic carbocycles. The standard InChI is InChI=1S/C15H13BrN2O3/c1-8-10(16)3-2-4-12(8)18-15(19)9-5-13-14(6-11(9)17)21-7-20-13/h2-6H,7,17H2,1H3,(H,18,19). The van der Waals surface area contributed by atoms with Crippen LogP contribution in [0.3, 0.4) is 0 Å². The molecule has 0 saturated carbocycles. The van der Waals surface area contributed by atoms with Gasteiger partial charge in [0.05, 0.1) is 5.56 Å². The van der Waals surface area contributed by atoms with Crippen LogP contribution in [0.15, 0.2) is 34.8 Å². The number of nitrogens with one attached hydrogen (secondary N) is 1.